The molecule has 1 rings (SSSR count). The van der Waals surface area contributed by atoms with E-state index < -0.39 is 0 Å². The van der Waals surface area contributed by atoms with Crippen LogP contribution >= 0.6 is 0 Å². The van der Waals surface area contributed by atoms with Crippen LogP contribution in [0.3, 0.4) is 0 Å². The largest absolute Gasteiger partial charge is 0.381 e. The fourth-order valence-corrected chi connectivity index (χ4v) is 3.01. The molecule has 0 aliphatic carbocycles. The Hall–Kier alpha value is -0.370. The second-order valence-electron chi connectivity index (χ2n) is 6.28. The Bertz CT molecular complexity index is 232. The lowest BCUT2D eigenvalue weighted by Gasteiger charge is -2.20. The van der Waals surface area contributed by atoms with Crippen molar-refractivity contribution in [1.29, 1.82) is 0 Å². The molecule has 0 amide bonds. The smallest absolute Gasteiger partial charge is 0.136 e. The van der Waals surface area contributed by atoms with E-state index in [-0.39, 0.29) is 0 Å². The number of unbranched alkanes of at least 4 members (excludes halogenated alkanes) is 9. The van der Waals surface area contributed by atoms with Crippen molar-refractivity contribution in [3.05, 3.63) is 0 Å². The topological polar surface area (TPSA) is 26.3 Å². The second kappa shape index (κ2) is 12.4. The minimum absolute atomic E-state index is 0.308. The molecule has 1 saturated heterocycles. The predicted octanol–water partition coefficient (Wildman–Crippen LogP) is 5.29. The van der Waals surface area contributed by atoms with E-state index in [2.05, 4.69) is 6.92 Å². The number of carbonyl (C=O) groups is 1. The summed E-state index contributed by atoms with van der Waals surface area (Å²) in [6.45, 7) is 3.84. The third-order valence-electron chi connectivity index (χ3n) is 4.45. The van der Waals surface area contributed by atoms with Gasteiger partial charge in [0.05, 0.1) is 0 Å². The third-order valence-corrected chi connectivity index (χ3v) is 4.45. The number of rotatable bonds is 12. The van der Waals surface area contributed by atoms with Crippen molar-refractivity contribution in [1.82, 2.24) is 0 Å². The highest BCUT2D eigenvalue weighted by molar-refractivity contribution is 5.80. The van der Waals surface area contributed by atoms with Crippen LogP contribution in [0.4, 0.5) is 0 Å². The summed E-state index contributed by atoms with van der Waals surface area (Å²) in [6.07, 6.45) is 16.1. The molecule has 118 valence electrons. The maximum Gasteiger partial charge on any atom is 0.136 e. The Balaban J connectivity index is 1.83. The SMILES string of the molecule is CCCCCCCCCCCCC(=O)C1CCOCC1. The van der Waals surface area contributed by atoms with Gasteiger partial charge in [0, 0.05) is 25.6 Å². The Morgan fingerprint density at radius 1 is 0.850 bits per heavy atom. The molecule has 0 aromatic carbocycles. The highest BCUT2D eigenvalue weighted by atomic mass is 16.5. The molecule has 1 aliphatic rings. The summed E-state index contributed by atoms with van der Waals surface area (Å²) in [7, 11) is 0. The molecular weight excluding hydrogens is 248 g/mol. The molecule has 0 aromatic rings. The van der Waals surface area contributed by atoms with Crippen LogP contribution in [0.25, 0.3) is 0 Å². The number of ketones is 1. The number of ether oxygens (including phenoxy) is 1. The first-order valence-corrected chi connectivity index (χ1v) is 8.95. The van der Waals surface area contributed by atoms with Gasteiger partial charge in [-0.3, -0.25) is 4.79 Å². The standard InChI is InChI=1S/C18H34O2/c1-2-3-4-5-6-7-8-9-10-11-12-18(19)17-13-15-20-16-14-17/h17H,2-16H2,1H3. The first-order valence-electron chi connectivity index (χ1n) is 8.95. The van der Waals surface area contributed by atoms with E-state index >= 15 is 0 Å². The molecule has 0 saturated carbocycles. The zero-order valence-electron chi connectivity index (χ0n) is 13.5. The van der Waals surface area contributed by atoms with Gasteiger partial charge in [-0.05, 0) is 19.3 Å². The van der Waals surface area contributed by atoms with Crippen molar-refractivity contribution in [2.75, 3.05) is 13.2 Å². The monoisotopic (exact) mass is 282 g/mol. The average molecular weight is 282 g/mol. The van der Waals surface area contributed by atoms with Crippen molar-refractivity contribution < 1.29 is 9.53 Å². The normalized spacial score (nSPS) is 16.4. The molecule has 0 N–H and O–H groups in total. The van der Waals surface area contributed by atoms with Crippen LogP contribution in [0.2, 0.25) is 0 Å². The minimum atomic E-state index is 0.308. The van der Waals surface area contributed by atoms with E-state index in [1.807, 2.05) is 0 Å². The summed E-state index contributed by atoms with van der Waals surface area (Å²) in [4.78, 5) is 12.0. The van der Waals surface area contributed by atoms with Crippen LogP contribution in [0.15, 0.2) is 0 Å². The van der Waals surface area contributed by atoms with Crippen molar-refractivity contribution in [3.63, 3.8) is 0 Å². The van der Waals surface area contributed by atoms with Gasteiger partial charge < -0.3 is 4.74 Å². The van der Waals surface area contributed by atoms with Crippen molar-refractivity contribution in [2.24, 2.45) is 5.92 Å². The summed E-state index contributed by atoms with van der Waals surface area (Å²) in [5.41, 5.74) is 0. The minimum Gasteiger partial charge on any atom is -0.381 e. The van der Waals surface area contributed by atoms with Gasteiger partial charge in [0.25, 0.3) is 0 Å². The van der Waals surface area contributed by atoms with Crippen LogP contribution in [0.5, 0.6) is 0 Å². The number of Topliss-reactive ketones (excluding diaryl/α,β-unsaturated/α-hetero) is 1. The van der Waals surface area contributed by atoms with Crippen LogP contribution in [-0.4, -0.2) is 19.0 Å². The molecule has 0 atom stereocenters. The van der Waals surface area contributed by atoms with E-state index in [4.69, 9.17) is 4.74 Å². The van der Waals surface area contributed by atoms with Gasteiger partial charge in [-0.2, -0.15) is 0 Å². The van der Waals surface area contributed by atoms with Gasteiger partial charge in [-0.1, -0.05) is 64.7 Å². The molecule has 0 bridgehead atoms. The van der Waals surface area contributed by atoms with Gasteiger partial charge in [0.1, 0.15) is 5.78 Å². The Labute approximate surface area is 125 Å². The highest BCUT2D eigenvalue weighted by Gasteiger charge is 2.20. The van der Waals surface area contributed by atoms with Gasteiger partial charge in [0.2, 0.25) is 0 Å². The fourth-order valence-electron chi connectivity index (χ4n) is 3.01. The maximum atomic E-state index is 12.0. The van der Waals surface area contributed by atoms with Gasteiger partial charge in [-0.25, -0.2) is 0 Å². The number of hydrogen-bond donors (Lipinski definition) is 0. The quantitative estimate of drug-likeness (QED) is 0.454. The number of hydrogen-bond acceptors (Lipinski definition) is 2. The molecule has 1 heterocycles. The van der Waals surface area contributed by atoms with E-state index in [9.17, 15) is 4.79 Å². The van der Waals surface area contributed by atoms with Crippen LogP contribution in [0.1, 0.15) is 90.4 Å². The highest BCUT2D eigenvalue weighted by Crippen LogP contribution is 2.19. The summed E-state index contributed by atoms with van der Waals surface area (Å²) in [5.74, 6) is 0.801. The molecule has 1 aliphatic heterocycles. The number of carbonyl (C=O) groups excluding carboxylic acids is 1. The van der Waals surface area contributed by atoms with Crippen molar-refractivity contribution in [2.45, 2.75) is 90.4 Å². The van der Waals surface area contributed by atoms with Gasteiger partial charge in [-0.15, -0.1) is 0 Å². The maximum absolute atomic E-state index is 12.0. The molecule has 2 nitrogen and oxygen atoms in total. The molecule has 0 spiro atoms. The van der Waals surface area contributed by atoms with E-state index in [1.54, 1.807) is 0 Å². The average Bonchev–Trinajstić information content (AvgIpc) is 2.50. The molecule has 0 aromatic heterocycles. The Kier molecular flexibility index (Phi) is 10.9. The molecule has 20 heavy (non-hydrogen) atoms. The predicted molar refractivity (Wildman–Crippen MR) is 85.0 cm³/mol. The molecule has 1 fully saturated rings. The van der Waals surface area contributed by atoms with E-state index in [0.29, 0.717) is 11.7 Å². The third kappa shape index (κ3) is 8.73. The lowest BCUT2D eigenvalue weighted by atomic mass is 9.92. The van der Waals surface area contributed by atoms with Crippen molar-refractivity contribution >= 4 is 5.78 Å². The summed E-state index contributed by atoms with van der Waals surface area (Å²) in [5, 5.41) is 0. The van der Waals surface area contributed by atoms with Gasteiger partial charge in [0.15, 0.2) is 0 Å². The van der Waals surface area contributed by atoms with Crippen LogP contribution in [-0.2, 0) is 9.53 Å². The molecule has 0 radical (unpaired) electrons. The molecule has 2 heteroatoms. The van der Waals surface area contributed by atoms with E-state index in [1.165, 1.54) is 57.8 Å². The van der Waals surface area contributed by atoms with Crippen molar-refractivity contribution in [3.8, 4) is 0 Å². The Morgan fingerprint density at radius 3 is 1.90 bits per heavy atom. The Morgan fingerprint density at radius 2 is 1.35 bits per heavy atom. The lowest BCUT2D eigenvalue weighted by molar-refractivity contribution is -0.125. The zero-order valence-corrected chi connectivity index (χ0v) is 13.5. The summed E-state index contributed by atoms with van der Waals surface area (Å²) < 4.78 is 5.30. The molecular formula is C18H34O2. The summed E-state index contributed by atoms with van der Waals surface area (Å²) in [6, 6.07) is 0. The zero-order chi connectivity index (χ0) is 14.5. The fraction of sp³-hybridized carbons (Fsp3) is 0.944. The first-order chi connectivity index (χ1) is 9.84. The van der Waals surface area contributed by atoms with Gasteiger partial charge >= 0.3 is 0 Å². The first kappa shape index (κ1) is 17.7. The lowest BCUT2D eigenvalue weighted by Crippen LogP contribution is -2.23. The van der Waals surface area contributed by atoms with Crippen LogP contribution in [0, 0.1) is 5.92 Å². The molecule has 0 unspecified atom stereocenters. The summed E-state index contributed by atoms with van der Waals surface area (Å²) >= 11 is 0. The van der Waals surface area contributed by atoms with E-state index in [0.717, 1.165) is 38.9 Å². The van der Waals surface area contributed by atoms with Crippen LogP contribution < -0.4 is 0 Å². The second-order valence-corrected chi connectivity index (χ2v) is 6.28.